The van der Waals surface area contributed by atoms with Crippen LogP contribution >= 0.6 is 0 Å². The second kappa shape index (κ2) is 8.62. The van der Waals surface area contributed by atoms with Crippen molar-refractivity contribution in [3.05, 3.63) is 89.5 Å². The largest absolute Gasteiger partial charge is 0.418 e. The molecule has 2 heterocycles. The highest BCUT2D eigenvalue weighted by Crippen LogP contribution is 2.36. The van der Waals surface area contributed by atoms with Crippen molar-refractivity contribution >= 4 is 11.7 Å². The Balaban J connectivity index is 2.00. The van der Waals surface area contributed by atoms with E-state index < -0.39 is 41.2 Å². The van der Waals surface area contributed by atoms with Crippen molar-refractivity contribution in [3.63, 3.8) is 0 Å². The molecule has 0 aliphatic carbocycles. The maximum atomic E-state index is 13.5. The molecule has 0 spiro atoms. The summed E-state index contributed by atoms with van der Waals surface area (Å²) in [5, 5.41) is 4.75. The second-order valence-electron chi connectivity index (χ2n) is 6.33. The molecule has 1 aromatic carbocycles. The molecule has 162 valence electrons. The van der Waals surface area contributed by atoms with Gasteiger partial charge >= 0.3 is 18.4 Å². The van der Waals surface area contributed by atoms with E-state index in [0.717, 1.165) is 42.6 Å². The Bertz CT molecular complexity index is 1040. The number of nitrogens with zero attached hydrogens (tertiary/aromatic N) is 2. The Morgan fingerprint density at radius 2 is 1.55 bits per heavy atom. The van der Waals surface area contributed by atoms with E-state index in [9.17, 15) is 31.1 Å². The third kappa shape index (κ3) is 5.50. The van der Waals surface area contributed by atoms with Crippen molar-refractivity contribution in [2.24, 2.45) is 0 Å². The fraction of sp³-hybridized carbons (Fsp3) is 0.150. The van der Waals surface area contributed by atoms with Crippen molar-refractivity contribution < 1.29 is 31.1 Å². The predicted molar refractivity (Wildman–Crippen MR) is 98.9 cm³/mol. The molecule has 0 fully saturated rings. The fourth-order valence-electron chi connectivity index (χ4n) is 2.80. The first-order valence-electron chi connectivity index (χ1n) is 8.72. The van der Waals surface area contributed by atoms with Crippen LogP contribution in [-0.4, -0.2) is 16.0 Å². The zero-order chi connectivity index (χ0) is 22.6. The first-order chi connectivity index (χ1) is 14.6. The molecule has 2 amide bonds. The summed E-state index contributed by atoms with van der Waals surface area (Å²) >= 11 is 0. The van der Waals surface area contributed by atoms with Gasteiger partial charge in [-0.1, -0.05) is 12.1 Å². The number of hydrogen-bond acceptors (Lipinski definition) is 3. The lowest BCUT2D eigenvalue weighted by atomic mass is 9.98. The van der Waals surface area contributed by atoms with Crippen LogP contribution in [0.1, 0.15) is 28.4 Å². The van der Waals surface area contributed by atoms with Crippen molar-refractivity contribution in [3.8, 4) is 0 Å². The minimum absolute atomic E-state index is 0.0152. The van der Waals surface area contributed by atoms with E-state index in [1.54, 1.807) is 0 Å². The maximum Gasteiger partial charge on any atom is 0.418 e. The minimum atomic E-state index is -4.80. The van der Waals surface area contributed by atoms with Gasteiger partial charge in [-0.15, -0.1) is 0 Å². The highest BCUT2D eigenvalue weighted by Gasteiger charge is 2.37. The van der Waals surface area contributed by atoms with Gasteiger partial charge in [-0.2, -0.15) is 26.3 Å². The molecular formula is C20H14F6N4O. The zero-order valence-corrected chi connectivity index (χ0v) is 15.5. The van der Waals surface area contributed by atoms with Crippen LogP contribution in [0.2, 0.25) is 0 Å². The fourth-order valence-corrected chi connectivity index (χ4v) is 2.80. The molecule has 2 aromatic heterocycles. The summed E-state index contributed by atoms with van der Waals surface area (Å²) in [7, 11) is 0. The number of aromatic nitrogens is 2. The van der Waals surface area contributed by atoms with Gasteiger partial charge in [0.2, 0.25) is 0 Å². The molecule has 0 aliphatic heterocycles. The number of nitrogens with one attached hydrogen (secondary N) is 2. The van der Waals surface area contributed by atoms with Crippen LogP contribution in [0.15, 0.2) is 67.1 Å². The number of benzene rings is 1. The van der Waals surface area contributed by atoms with Crippen LogP contribution in [0, 0.1) is 0 Å². The number of pyridine rings is 2. The Morgan fingerprint density at radius 1 is 0.871 bits per heavy atom. The molecule has 3 aromatic rings. The highest BCUT2D eigenvalue weighted by molar-refractivity contribution is 5.89. The smallest absolute Gasteiger partial charge is 0.325 e. The van der Waals surface area contributed by atoms with Gasteiger partial charge in [-0.25, -0.2) is 4.79 Å². The van der Waals surface area contributed by atoms with Crippen LogP contribution in [0.3, 0.4) is 0 Å². The number of amides is 2. The number of alkyl halides is 6. The third-order valence-electron chi connectivity index (χ3n) is 4.18. The number of anilines is 1. The van der Waals surface area contributed by atoms with Crippen LogP contribution in [0.25, 0.3) is 0 Å². The van der Waals surface area contributed by atoms with Crippen molar-refractivity contribution in [1.29, 1.82) is 0 Å². The molecule has 0 aliphatic rings. The molecule has 0 saturated heterocycles. The van der Waals surface area contributed by atoms with Gasteiger partial charge in [0.05, 0.1) is 34.7 Å². The molecule has 3 rings (SSSR count). The number of carbonyl (C=O) groups excluding carboxylic acids is 1. The summed E-state index contributed by atoms with van der Waals surface area (Å²) in [5.74, 6) is 0. The van der Waals surface area contributed by atoms with E-state index in [4.69, 9.17) is 0 Å². The minimum Gasteiger partial charge on any atom is -0.325 e. The Kier molecular flexibility index (Phi) is 6.14. The Labute approximate surface area is 172 Å². The van der Waals surface area contributed by atoms with Gasteiger partial charge in [-0.3, -0.25) is 9.97 Å². The topological polar surface area (TPSA) is 66.9 Å². The molecular weight excluding hydrogens is 426 g/mol. The van der Waals surface area contributed by atoms with Gasteiger partial charge in [0.15, 0.2) is 0 Å². The normalized spacial score (nSPS) is 12.8. The SMILES string of the molecule is O=C(Nc1cccnc1)N[C@@H](c1ccc(C(F)(F)F)cc1)c1ncccc1C(F)(F)F. The van der Waals surface area contributed by atoms with Gasteiger partial charge in [0, 0.05) is 12.4 Å². The van der Waals surface area contributed by atoms with E-state index in [2.05, 4.69) is 20.6 Å². The van der Waals surface area contributed by atoms with Crippen molar-refractivity contribution in [2.45, 2.75) is 18.4 Å². The number of carbonyl (C=O) groups is 1. The average molecular weight is 440 g/mol. The highest BCUT2D eigenvalue weighted by atomic mass is 19.4. The number of hydrogen-bond donors (Lipinski definition) is 2. The summed E-state index contributed by atoms with van der Waals surface area (Å²) in [4.78, 5) is 20.0. The van der Waals surface area contributed by atoms with Gasteiger partial charge in [-0.05, 0) is 42.0 Å². The van der Waals surface area contributed by atoms with Crippen LogP contribution in [0.5, 0.6) is 0 Å². The number of urea groups is 1. The molecule has 0 unspecified atom stereocenters. The molecule has 11 heteroatoms. The Morgan fingerprint density at radius 3 is 2.13 bits per heavy atom. The van der Waals surface area contributed by atoms with E-state index in [0.29, 0.717) is 0 Å². The number of rotatable bonds is 4. The lowest BCUT2D eigenvalue weighted by Gasteiger charge is -2.23. The van der Waals surface area contributed by atoms with Gasteiger partial charge < -0.3 is 10.6 Å². The summed E-state index contributed by atoms with van der Waals surface area (Å²) in [5.41, 5.74) is -2.41. The molecule has 5 nitrogen and oxygen atoms in total. The van der Waals surface area contributed by atoms with Crippen LogP contribution < -0.4 is 10.6 Å². The van der Waals surface area contributed by atoms with E-state index >= 15 is 0 Å². The predicted octanol–water partition coefficient (Wildman–Crippen LogP) is 5.43. The average Bonchev–Trinajstić information content (AvgIpc) is 2.72. The second-order valence-corrected chi connectivity index (χ2v) is 6.33. The summed E-state index contributed by atoms with van der Waals surface area (Å²) in [6.45, 7) is 0. The lowest BCUT2D eigenvalue weighted by Crippen LogP contribution is -2.35. The van der Waals surface area contributed by atoms with Crippen molar-refractivity contribution in [1.82, 2.24) is 15.3 Å². The standard InChI is InChI=1S/C20H14F6N4O/c21-19(22,23)13-7-5-12(6-8-13)16(17-15(20(24,25)26)4-2-10-28-17)30-18(31)29-14-3-1-9-27-11-14/h1-11,16H,(H2,29,30,31)/t16-/m0/s1. The zero-order valence-electron chi connectivity index (χ0n) is 15.5. The maximum absolute atomic E-state index is 13.5. The molecule has 0 bridgehead atoms. The van der Waals surface area contributed by atoms with Crippen LogP contribution in [0.4, 0.5) is 36.8 Å². The summed E-state index contributed by atoms with van der Waals surface area (Å²) in [6.07, 6.45) is -5.55. The number of halogens is 6. The van der Waals surface area contributed by atoms with Crippen molar-refractivity contribution in [2.75, 3.05) is 5.32 Å². The quantitative estimate of drug-likeness (QED) is 0.532. The summed E-state index contributed by atoms with van der Waals surface area (Å²) < 4.78 is 79.1. The van der Waals surface area contributed by atoms with Gasteiger partial charge in [0.25, 0.3) is 0 Å². The van der Waals surface area contributed by atoms with E-state index in [1.165, 1.54) is 24.5 Å². The molecule has 2 N–H and O–H groups in total. The molecule has 31 heavy (non-hydrogen) atoms. The first kappa shape index (κ1) is 22.1. The van der Waals surface area contributed by atoms with E-state index in [-0.39, 0.29) is 11.3 Å². The molecule has 0 saturated carbocycles. The lowest BCUT2D eigenvalue weighted by molar-refractivity contribution is -0.139. The third-order valence-corrected chi connectivity index (χ3v) is 4.18. The monoisotopic (exact) mass is 440 g/mol. The molecule has 1 atom stereocenters. The first-order valence-corrected chi connectivity index (χ1v) is 8.72. The molecule has 0 radical (unpaired) electrons. The summed E-state index contributed by atoms with van der Waals surface area (Å²) in [6, 6.07) is 5.95. The van der Waals surface area contributed by atoms with Gasteiger partial charge in [0.1, 0.15) is 0 Å². The van der Waals surface area contributed by atoms with Crippen LogP contribution in [-0.2, 0) is 12.4 Å². The Hall–Kier alpha value is -3.63. The van der Waals surface area contributed by atoms with E-state index in [1.807, 2.05) is 0 Å².